The fourth-order valence-electron chi connectivity index (χ4n) is 3.30. The van der Waals surface area contributed by atoms with Crippen molar-refractivity contribution in [1.29, 1.82) is 0 Å². The van der Waals surface area contributed by atoms with Gasteiger partial charge < -0.3 is 10.6 Å². The van der Waals surface area contributed by atoms with E-state index in [1.165, 1.54) is 34.9 Å². The highest BCUT2D eigenvalue weighted by Gasteiger charge is 2.32. The number of hydrogen-bond donors (Lipinski definition) is 2. The molecule has 0 radical (unpaired) electrons. The Kier molecular flexibility index (Phi) is 6.99. The van der Waals surface area contributed by atoms with Crippen molar-refractivity contribution in [3.05, 3.63) is 71.8 Å². The Hall–Kier alpha value is -2.36. The molecule has 2 aromatic carbocycles. The second kappa shape index (κ2) is 10.3. The summed E-state index contributed by atoms with van der Waals surface area (Å²) in [6.45, 7) is 0. The van der Waals surface area contributed by atoms with Gasteiger partial charge >= 0.3 is 0 Å². The van der Waals surface area contributed by atoms with Crippen molar-refractivity contribution in [3.8, 4) is 0 Å². The van der Waals surface area contributed by atoms with Gasteiger partial charge in [0.1, 0.15) is 10.5 Å². The molecule has 2 unspecified atom stereocenters. The first-order valence-corrected chi connectivity index (χ1v) is 13.6. The molecule has 9 heteroatoms. The normalized spacial score (nSPS) is 17.2. The van der Waals surface area contributed by atoms with E-state index in [0.29, 0.717) is 20.8 Å². The molecular weight excluding hydrogens is 472 g/mol. The van der Waals surface area contributed by atoms with Crippen molar-refractivity contribution < 1.29 is 9.59 Å². The van der Waals surface area contributed by atoms with Crippen molar-refractivity contribution in [2.45, 2.75) is 56.9 Å². The van der Waals surface area contributed by atoms with Gasteiger partial charge in [0.15, 0.2) is 8.68 Å². The molecule has 170 valence electrons. The largest absolute Gasteiger partial charge is 0.352 e. The van der Waals surface area contributed by atoms with Crippen LogP contribution in [0.5, 0.6) is 0 Å². The van der Waals surface area contributed by atoms with E-state index in [2.05, 4.69) is 20.8 Å². The summed E-state index contributed by atoms with van der Waals surface area (Å²) in [5.41, 5.74) is 1.88. The fourth-order valence-corrected chi connectivity index (χ4v) is 6.73. The monoisotopic (exact) mass is 496 g/mol. The molecule has 2 saturated carbocycles. The van der Waals surface area contributed by atoms with Crippen LogP contribution in [0, 0.1) is 0 Å². The molecule has 2 fully saturated rings. The highest BCUT2D eigenvalue weighted by atomic mass is 32.2. The molecule has 5 rings (SSSR count). The van der Waals surface area contributed by atoms with E-state index in [0.717, 1.165) is 36.8 Å². The number of nitrogens with zero attached hydrogens (tertiary/aromatic N) is 2. The van der Waals surface area contributed by atoms with Gasteiger partial charge in [0.05, 0.1) is 0 Å². The van der Waals surface area contributed by atoms with Gasteiger partial charge in [-0.3, -0.25) is 9.59 Å². The van der Waals surface area contributed by atoms with Gasteiger partial charge in [0.2, 0.25) is 11.8 Å². The molecule has 0 spiro atoms. The Balaban J connectivity index is 1.32. The Morgan fingerprint density at radius 3 is 1.48 bits per heavy atom. The van der Waals surface area contributed by atoms with Gasteiger partial charge in [-0.05, 0) is 36.8 Å². The zero-order chi connectivity index (χ0) is 22.6. The van der Waals surface area contributed by atoms with Crippen molar-refractivity contribution in [3.63, 3.8) is 0 Å². The topological polar surface area (TPSA) is 84.0 Å². The third-order valence-electron chi connectivity index (χ3n) is 5.35. The Bertz CT molecular complexity index is 1020. The summed E-state index contributed by atoms with van der Waals surface area (Å²) >= 11 is 4.25. The van der Waals surface area contributed by atoms with Gasteiger partial charge in [0, 0.05) is 12.1 Å². The highest BCUT2D eigenvalue weighted by Crippen LogP contribution is 2.43. The van der Waals surface area contributed by atoms with Crippen LogP contribution in [0.2, 0.25) is 0 Å². The Morgan fingerprint density at radius 2 is 1.12 bits per heavy atom. The van der Waals surface area contributed by atoms with Crippen LogP contribution in [0.3, 0.4) is 0 Å². The zero-order valence-electron chi connectivity index (χ0n) is 17.8. The highest BCUT2D eigenvalue weighted by molar-refractivity contribution is 8.04. The van der Waals surface area contributed by atoms with Crippen LogP contribution in [0.25, 0.3) is 0 Å². The maximum atomic E-state index is 12.9. The number of hydrogen-bond acceptors (Lipinski definition) is 7. The Labute approximate surface area is 205 Å². The van der Waals surface area contributed by atoms with E-state index < -0.39 is 0 Å². The number of aromatic nitrogens is 2. The van der Waals surface area contributed by atoms with E-state index in [1.807, 2.05) is 60.7 Å². The summed E-state index contributed by atoms with van der Waals surface area (Å²) in [4.78, 5) is 25.9. The summed E-state index contributed by atoms with van der Waals surface area (Å²) in [5.74, 6) is 0.00755. The predicted molar refractivity (Wildman–Crippen MR) is 132 cm³/mol. The van der Waals surface area contributed by atoms with Crippen molar-refractivity contribution >= 4 is 46.7 Å². The van der Waals surface area contributed by atoms with Crippen LogP contribution in [0.1, 0.15) is 47.3 Å². The number of nitrogens with one attached hydrogen (secondary N) is 2. The molecule has 0 bridgehead atoms. The predicted octanol–water partition coefficient (Wildman–Crippen LogP) is 4.76. The number of amides is 2. The quantitative estimate of drug-likeness (QED) is 0.394. The molecule has 2 aliphatic rings. The van der Waals surface area contributed by atoms with Crippen LogP contribution in [-0.2, 0) is 9.59 Å². The van der Waals surface area contributed by atoms with Gasteiger partial charge in [-0.2, -0.15) is 0 Å². The first-order chi connectivity index (χ1) is 16.2. The van der Waals surface area contributed by atoms with Crippen molar-refractivity contribution in [1.82, 2.24) is 20.8 Å². The van der Waals surface area contributed by atoms with Crippen LogP contribution >= 0.6 is 34.9 Å². The molecule has 33 heavy (non-hydrogen) atoms. The number of rotatable bonds is 10. The van der Waals surface area contributed by atoms with E-state index in [4.69, 9.17) is 0 Å². The molecule has 2 N–H and O–H groups in total. The molecule has 1 aromatic heterocycles. The molecule has 0 aliphatic heterocycles. The first-order valence-electron chi connectivity index (χ1n) is 11.0. The summed E-state index contributed by atoms with van der Waals surface area (Å²) < 4.78 is 1.43. The van der Waals surface area contributed by atoms with Gasteiger partial charge in [-0.1, -0.05) is 95.5 Å². The summed E-state index contributed by atoms with van der Waals surface area (Å²) in [7, 11) is 0. The smallest absolute Gasteiger partial charge is 0.238 e. The van der Waals surface area contributed by atoms with Crippen molar-refractivity contribution in [2.75, 3.05) is 0 Å². The van der Waals surface area contributed by atoms with Gasteiger partial charge in [0.25, 0.3) is 0 Å². The van der Waals surface area contributed by atoms with Crippen LogP contribution in [0.15, 0.2) is 69.3 Å². The minimum atomic E-state index is -0.388. The lowest BCUT2D eigenvalue weighted by Crippen LogP contribution is -2.29. The molecule has 6 nitrogen and oxygen atoms in total. The maximum Gasteiger partial charge on any atom is 0.238 e. The first kappa shape index (κ1) is 22.4. The molecule has 2 amide bonds. The number of carbonyl (C=O) groups is 2. The summed E-state index contributed by atoms with van der Waals surface area (Å²) in [6, 6.07) is 20.1. The molecule has 2 atom stereocenters. The van der Waals surface area contributed by atoms with Crippen molar-refractivity contribution in [2.24, 2.45) is 0 Å². The molecule has 2 aliphatic carbocycles. The minimum Gasteiger partial charge on any atom is -0.352 e. The number of thioether (sulfide) groups is 2. The van der Waals surface area contributed by atoms with E-state index >= 15 is 0 Å². The average Bonchev–Trinajstić information content (AvgIpc) is 3.77. The molecule has 1 heterocycles. The summed E-state index contributed by atoms with van der Waals surface area (Å²) in [6.07, 6.45) is 4.17. The van der Waals surface area contributed by atoms with Crippen LogP contribution < -0.4 is 10.6 Å². The Morgan fingerprint density at radius 1 is 0.727 bits per heavy atom. The zero-order valence-corrected chi connectivity index (χ0v) is 20.3. The SMILES string of the molecule is O=C(NC1CC1)C(Sc1nnc(SC(C(=O)NC2CC2)c2ccccc2)s1)c1ccccc1. The molecule has 0 saturated heterocycles. The molecule has 3 aromatic rings. The van der Waals surface area contributed by atoms with Crippen LogP contribution in [0.4, 0.5) is 0 Å². The summed E-state index contributed by atoms with van der Waals surface area (Å²) in [5, 5.41) is 14.1. The number of carbonyl (C=O) groups excluding carboxylic acids is 2. The second-order valence-electron chi connectivity index (χ2n) is 8.22. The third kappa shape index (κ3) is 6.16. The van der Waals surface area contributed by atoms with E-state index in [-0.39, 0.29) is 22.3 Å². The number of benzene rings is 2. The lowest BCUT2D eigenvalue weighted by Gasteiger charge is -2.15. The minimum absolute atomic E-state index is 0.00377. The fraction of sp³-hybridized carbons (Fsp3) is 0.333. The second-order valence-corrected chi connectivity index (χ2v) is 11.9. The maximum absolute atomic E-state index is 12.9. The van der Waals surface area contributed by atoms with E-state index in [9.17, 15) is 9.59 Å². The van der Waals surface area contributed by atoms with E-state index in [1.54, 1.807) is 0 Å². The lowest BCUT2D eigenvalue weighted by atomic mass is 10.1. The van der Waals surface area contributed by atoms with Gasteiger partial charge in [-0.25, -0.2) is 0 Å². The standard InChI is InChI=1S/C24H24N4O2S3/c29-21(25-17-11-12-17)19(15-7-3-1-4-8-15)31-23-27-28-24(33-23)32-20(16-9-5-2-6-10-16)22(30)26-18-13-14-18/h1-10,17-20H,11-14H2,(H,25,29)(H,26,30). The van der Waals surface area contributed by atoms with Gasteiger partial charge in [-0.15, -0.1) is 10.2 Å². The molecular formula is C24H24N4O2S3. The van der Waals surface area contributed by atoms with Crippen LogP contribution in [-0.4, -0.2) is 34.1 Å². The lowest BCUT2D eigenvalue weighted by molar-refractivity contribution is -0.121. The average molecular weight is 497 g/mol. The third-order valence-corrected chi connectivity index (χ3v) is 8.95.